The van der Waals surface area contributed by atoms with E-state index in [2.05, 4.69) is 0 Å². The molecule has 3 aromatic rings. The summed E-state index contributed by atoms with van der Waals surface area (Å²) in [5, 5.41) is 1.92. The number of piperidine rings is 1. The number of ether oxygens (including phenoxy) is 1. The highest BCUT2D eigenvalue weighted by Crippen LogP contribution is 2.35. The maximum Gasteiger partial charge on any atom is 0.260 e. The van der Waals surface area contributed by atoms with Crippen LogP contribution in [0.15, 0.2) is 66.7 Å². The summed E-state index contributed by atoms with van der Waals surface area (Å²) in [6, 6.07) is 20.7. The van der Waals surface area contributed by atoms with Crippen LogP contribution < -0.4 is 15.4 Å². The second-order valence-corrected chi connectivity index (χ2v) is 8.54. The lowest BCUT2D eigenvalue weighted by Gasteiger charge is -2.38. The molecule has 0 bridgehead atoms. The molecule has 0 spiro atoms. The number of benzene rings is 3. The molecule has 0 aromatic heterocycles. The third-order valence-electron chi connectivity index (χ3n) is 6.43. The molecule has 0 saturated carbocycles. The molecule has 1 saturated heterocycles. The molecule has 7 heteroatoms. The molecule has 2 atom stereocenters. The van der Waals surface area contributed by atoms with Crippen LogP contribution in [-0.2, 0) is 9.59 Å². The number of hydrogen-bond acceptors (Lipinski definition) is 4. The van der Waals surface area contributed by atoms with Gasteiger partial charge in [-0.3, -0.25) is 14.4 Å². The van der Waals surface area contributed by atoms with E-state index in [4.69, 9.17) is 10.5 Å². The lowest BCUT2D eigenvalue weighted by atomic mass is 9.94. The second kappa shape index (κ2) is 8.58. The quantitative estimate of drug-likeness (QED) is 0.674. The van der Waals surface area contributed by atoms with E-state index < -0.39 is 12.0 Å². The van der Waals surface area contributed by atoms with Gasteiger partial charge >= 0.3 is 0 Å². The number of primary amides is 1. The molecule has 33 heavy (non-hydrogen) atoms. The van der Waals surface area contributed by atoms with Gasteiger partial charge in [0.15, 0.2) is 6.10 Å². The van der Waals surface area contributed by atoms with Crippen molar-refractivity contribution in [2.75, 3.05) is 24.5 Å². The normalized spacial score (nSPS) is 20.1. The van der Waals surface area contributed by atoms with Crippen LogP contribution >= 0.6 is 0 Å². The van der Waals surface area contributed by atoms with Crippen molar-refractivity contribution in [3.8, 4) is 5.75 Å². The standard InChI is InChI=1S/C26H25N3O4/c27-24(30)23-16-29(21-12-3-4-13-22(21)33-23)25(31)18-9-6-14-28(15-18)26(32)20-11-5-8-17-7-1-2-10-19(17)20/h1-5,7-8,10-13,18,23H,6,9,14-16H2,(H2,27,30)/t18-,23-/m0/s1. The van der Waals surface area contributed by atoms with E-state index in [1.165, 1.54) is 0 Å². The van der Waals surface area contributed by atoms with Crippen LogP contribution in [0.1, 0.15) is 23.2 Å². The fraction of sp³-hybridized carbons (Fsp3) is 0.269. The van der Waals surface area contributed by atoms with E-state index in [0.29, 0.717) is 36.5 Å². The molecule has 1 fully saturated rings. The minimum absolute atomic E-state index is 0.0679. The smallest absolute Gasteiger partial charge is 0.260 e. The van der Waals surface area contributed by atoms with E-state index in [9.17, 15) is 14.4 Å². The number of amides is 3. The SMILES string of the molecule is NC(=O)[C@@H]1CN(C(=O)[C@H]2CCCN(C(=O)c3cccc4ccccc34)C2)c2ccccc2O1. The van der Waals surface area contributed by atoms with Crippen molar-refractivity contribution in [1.29, 1.82) is 0 Å². The summed E-state index contributed by atoms with van der Waals surface area (Å²) in [4.78, 5) is 42.2. The van der Waals surface area contributed by atoms with Crippen LogP contribution in [0.2, 0.25) is 0 Å². The molecule has 3 amide bonds. The first-order valence-corrected chi connectivity index (χ1v) is 11.2. The van der Waals surface area contributed by atoms with Gasteiger partial charge in [0.25, 0.3) is 11.8 Å². The summed E-state index contributed by atoms with van der Waals surface area (Å²) in [5.74, 6) is -0.703. The molecule has 168 valence electrons. The molecule has 2 N–H and O–H groups in total. The van der Waals surface area contributed by atoms with Crippen molar-refractivity contribution in [2.24, 2.45) is 11.7 Å². The van der Waals surface area contributed by atoms with Gasteiger partial charge in [-0.25, -0.2) is 0 Å². The van der Waals surface area contributed by atoms with Gasteiger partial charge in [0.1, 0.15) is 5.75 Å². The Kier molecular flexibility index (Phi) is 5.46. The maximum absolute atomic E-state index is 13.6. The molecule has 2 aliphatic rings. The number of nitrogens with zero attached hydrogens (tertiary/aromatic N) is 2. The number of para-hydroxylation sites is 2. The summed E-state index contributed by atoms with van der Waals surface area (Å²) in [6.45, 7) is 1.01. The first kappa shape index (κ1) is 21.0. The largest absolute Gasteiger partial charge is 0.477 e. The Morgan fingerprint density at radius 2 is 1.67 bits per heavy atom. The summed E-state index contributed by atoms with van der Waals surface area (Å²) in [7, 11) is 0. The summed E-state index contributed by atoms with van der Waals surface area (Å²) in [5.41, 5.74) is 6.75. The van der Waals surface area contributed by atoms with Gasteiger partial charge in [-0.1, -0.05) is 48.5 Å². The zero-order chi connectivity index (χ0) is 22.9. The Bertz CT molecular complexity index is 1240. The number of carbonyl (C=O) groups is 3. The predicted octanol–water partition coefficient (Wildman–Crippen LogP) is 2.97. The molecule has 5 rings (SSSR count). The molecule has 2 aliphatic heterocycles. The molecule has 2 heterocycles. The van der Waals surface area contributed by atoms with Crippen molar-refractivity contribution >= 4 is 34.2 Å². The second-order valence-electron chi connectivity index (χ2n) is 8.54. The summed E-state index contributed by atoms with van der Waals surface area (Å²) >= 11 is 0. The summed E-state index contributed by atoms with van der Waals surface area (Å²) in [6.07, 6.45) is 0.512. The lowest BCUT2D eigenvalue weighted by molar-refractivity contribution is -0.126. The van der Waals surface area contributed by atoms with Gasteiger partial charge < -0.3 is 20.3 Å². The number of carbonyl (C=O) groups excluding carboxylic acids is 3. The minimum Gasteiger partial charge on any atom is -0.477 e. The van der Waals surface area contributed by atoms with Crippen LogP contribution in [0.5, 0.6) is 5.75 Å². The Labute approximate surface area is 191 Å². The molecule has 0 unspecified atom stereocenters. The Balaban J connectivity index is 1.39. The third kappa shape index (κ3) is 3.91. The number of likely N-dealkylation sites (tertiary alicyclic amines) is 1. The van der Waals surface area contributed by atoms with E-state index >= 15 is 0 Å². The number of fused-ring (bicyclic) bond motifs is 2. The average molecular weight is 444 g/mol. The summed E-state index contributed by atoms with van der Waals surface area (Å²) < 4.78 is 5.69. The van der Waals surface area contributed by atoms with Gasteiger partial charge in [0.05, 0.1) is 18.2 Å². The first-order chi connectivity index (χ1) is 16.0. The molecule has 7 nitrogen and oxygen atoms in total. The van der Waals surface area contributed by atoms with Gasteiger partial charge in [0, 0.05) is 18.7 Å². The van der Waals surface area contributed by atoms with Crippen LogP contribution in [0.3, 0.4) is 0 Å². The van der Waals surface area contributed by atoms with Crippen LogP contribution in [0.25, 0.3) is 10.8 Å². The number of anilines is 1. The van der Waals surface area contributed by atoms with E-state index in [-0.39, 0.29) is 24.3 Å². The Morgan fingerprint density at radius 3 is 2.52 bits per heavy atom. The molecular formula is C26H25N3O4. The van der Waals surface area contributed by atoms with Gasteiger partial charge in [-0.2, -0.15) is 0 Å². The van der Waals surface area contributed by atoms with Gasteiger partial charge in [-0.05, 0) is 41.8 Å². The highest BCUT2D eigenvalue weighted by atomic mass is 16.5. The molecule has 0 radical (unpaired) electrons. The van der Waals surface area contributed by atoms with Gasteiger partial charge in [-0.15, -0.1) is 0 Å². The number of hydrogen-bond donors (Lipinski definition) is 1. The maximum atomic E-state index is 13.6. The number of rotatable bonds is 3. The molecular weight excluding hydrogens is 418 g/mol. The monoisotopic (exact) mass is 443 g/mol. The lowest BCUT2D eigenvalue weighted by Crippen LogP contribution is -2.53. The van der Waals surface area contributed by atoms with Crippen molar-refractivity contribution in [2.45, 2.75) is 18.9 Å². The fourth-order valence-electron chi connectivity index (χ4n) is 4.76. The topological polar surface area (TPSA) is 92.9 Å². The molecule has 0 aliphatic carbocycles. The highest BCUT2D eigenvalue weighted by Gasteiger charge is 2.37. The van der Waals surface area contributed by atoms with Crippen molar-refractivity contribution in [3.05, 3.63) is 72.3 Å². The zero-order valence-electron chi connectivity index (χ0n) is 18.1. The van der Waals surface area contributed by atoms with Crippen molar-refractivity contribution < 1.29 is 19.1 Å². The zero-order valence-corrected chi connectivity index (χ0v) is 18.1. The Morgan fingerprint density at radius 1 is 0.909 bits per heavy atom. The van der Waals surface area contributed by atoms with E-state index in [1.807, 2.05) is 48.5 Å². The highest BCUT2D eigenvalue weighted by molar-refractivity contribution is 6.07. The fourth-order valence-corrected chi connectivity index (χ4v) is 4.76. The average Bonchev–Trinajstić information content (AvgIpc) is 2.86. The van der Waals surface area contributed by atoms with E-state index in [1.54, 1.807) is 28.0 Å². The van der Waals surface area contributed by atoms with Crippen LogP contribution in [0, 0.1) is 5.92 Å². The van der Waals surface area contributed by atoms with Crippen molar-refractivity contribution in [1.82, 2.24) is 4.90 Å². The van der Waals surface area contributed by atoms with Gasteiger partial charge in [0.2, 0.25) is 5.91 Å². The first-order valence-electron chi connectivity index (χ1n) is 11.2. The minimum atomic E-state index is -0.902. The molecule has 3 aromatic carbocycles. The predicted molar refractivity (Wildman–Crippen MR) is 125 cm³/mol. The number of nitrogens with two attached hydrogens (primary N) is 1. The Hall–Kier alpha value is -3.87. The van der Waals surface area contributed by atoms with E-state index in [0.717, 1.165) is 17.2 Å². The third-order valence-corrected chi connectivity index (χ3v) is 6.43. The van der Waals surface area contributed by atoms with Crippen LogP contribution in [0.4, 0.5) is 5.69 Å². The van der Waals surface area contributed by atoms with Crippen molar-refractivity contribution in [3.63, 3.8) is 0 Å². The van der Waals surface area contributed by atoms with Crippen LogP contribution in [-0.4, -0.2) is 48.4 Å².